The van der Waals surface area contributed by atoms with E-state index in [9.17, 15) is 18.0 Å². The molecule has 5 aliphatic rings. The average molecular weight is 678 g/mol. The third-order valence-electron chi connectivity index (χ3n) is 10.7. The molecule has 0 bridgehead atoms. The van der Waals surface area contributed by atoms with Gasteiger partial charge in [0.1, 0.15) is 12.5 Å². The molecule has 4 aliphatic heterocycles. The molecule has 3 N–H and O–H groups in total. The van der Waals surface area contributed by atoms with Gasteiger partial charge < -0.3 is 14.5 Å². The molecular weight excluding hydrogens is 625 g/mol. The Bertz CT molecular complexity index is 1090. The molecule has 0 aromatic carbocycles. The van der Waals surface area contributed by atoms with Crippen molar-refractivity contribution >= 4 is 33.5 Å². The summed E-state index contributed by atoms with van der Waals surface area (Å²) in [6.07, 6.45) is 7.29. The molecule has 258 valence electrons. The number of fused-ring (bicyclic) bond motifs is 1. The van der Waals surface area contributed by atoms with Gasteiger partial charge in [-0.15, -0.1) is 11.6 Å². The van der Waals surface area contributed by atoms with Crippen molar-refractivity contribution in [2.75, 3.05) is 58.2 Å². The lowest BCUT2D eigenvalue weighted by atomic mass is 9.83. The van der Waals surface area contributed by atoms with Crippen LogP contribution in [0.15, 0.2) is 0 Å². The first-order valence-electron chi connectivity index (χ1n) is 17.2. The van der Waals surface area contributed by atoms with Gasteiger partial charge in [-0.2, -0.15) is 8.42 Å². The van der Waals surface area contributed by atoms with E-state index in [1.54, 1.807) is 0 Å². The fraction of sp³-hybridized carbons (Fsp3) is 0.935. The van der Waals surface area contributed by atoms with E-state index in [0.717, 1.165) is 51.9 Å². The molecule has 14 heteroatoms. The second-order valence-electron chi connectivity index (χ2n) is 14.0. The molecule has 5 fully saturated rings. The van der Waals surface area contributed by atoms with Crippen LogP contribution in [-0.2, 0) is 24.4 Å². The maximum atomic E-state index is 15.2. The number of carbonyl (C=O) groups is 2. The summed E-state index contributed by atoms with van der Waals surface area (Å²) in [7, 11) is -4.02. The second-order valence-corrected chi connectivity index (χ2v) is 16.2. The number of ether oxygens (including phenoxy) is 1. The number of nitrogens with zero attached hydrogens (tertiary/aromatic N) is 3. The first-order valence-corrected chi connectivity index (χ1v) is 19.2. The van der Waals surface area contributed by atoms with Crippen LogP contribution in [0.4, 0.5) is 4.39 Å². The van der Waals surface area contributed by atoms with Crippen LogP contribution in [0.1, 0.15) is 77.0 Å². The van der Waals surface area contributed by atoms with Crippen molar-refractivity contribution in [1.82, 2.24) is 25.3 Å². The fourth-order valence-corrected chi connectivity index (χ4v) is 8.81. The summed E-state index contributed by atoms with van der Waals surface area (Å²) in [5.74, 6) is 0.256. The quantitative estimate of drug-likeness (QED) is 0.153. The van der Waals surface area contributed by atoms with E-state index in [1.807, 2.05) is 9.80 Å². The maximum Gasteiger partial charge on any atom is 0.264 e. The SMILES string of the molecule is O=C(CC1CCC(OCCCC2CCN(C3NCC(Cl)CN3)CC2)CC1F)N1C[C@@H]2CCN(C(=O)CCCCS(=O)(=O)O)[C@@H]2C1. The molecule has 1 saturated carbocycles. The highest BCUT2D eigenvalue weighted by atomic mass is 35.5. The molecule has 4 saturated heterocycles. The summed E-state index contributed by atoms with van der Waals surface area (Å²) in [5.41, 5.74) is 0. The van der Waals surface area contributed by atoms with Crippen molar-refractivity contribution in [1.29, 1.82) is 0 Å². The Morgan fingerprint density at radius 3 is 2.42 bits per heavy atom. The molecule has 5 atom stereocenters. The Morgan fingerprint density at radius 2 is 1.71 bits per heavy atom. The number of halogens is 2. The van der Waals surface area contributed by atoms with Crippen molar-refractivity contribution in [3.05, 3.63) is 0 Å². The second kappa shape index (κ2) is 16.3. The fourth-order valence-electron chi connectivity index (χ4n) is 8.06. The lowest BCUT2D eigenvalue weighted by molar-refractivity contribution is -0.135. The number of rotatable bonds is 13. The standard InChI is InChI=1S/C31H53ClFN5O6S/c32-25-18-34-31(35-19-25)36-11-8-22(9-12-36)4-3-14-44-26-7-6-23(27(33)17-26)16-30(40)37-20-24-10-13-38(28(24)21-37)29(39)5-1-2-15-45(41,42)43/h22-28,31,34-35H,1-21H2,(H,41,42,43)/t23?,24-,25?,26?,27?,28+,31?/m0/s1. The lowest BCUT2D eigenvalue weighted by Crippen LogP contribution is -2.62. The molecule has 0 spiro atoms. The number of unbranched alkanes of at least 4 members (excludes halogenated alkanes) is 1. The van der Waals surface area contributed by atoms with E-state index in [2.05, 4.69) is 15.5 Å². The lowest BCUT2D eigenvalue weighted by Gasteiger charge is -2.41. The van der Waals surface area contributed by atoms with Crippen LogP contribution in [0.2, 0.25) is 0 Å². The van der Waals surface area contributed by atoms with Crippen LogP contribution in [-0.4, -0.2) is 128 Å². The van der Waals surface area contributed by atoms with E-state index >= 15 is 4.39 Å². The normalized spacial score (nSPS) is 33.4. The summed E-state index contributed by atoms with van der Waals surface area (Å²) in [5, 5.41) is 7.11. The number of alkyl halides is 2. The highest BCUT2D eigenvalue weighted by Crippen LogP contribution is 2.35. The minimum Gasteiger partial charge on any atom is -0.378 e. The summed E-state index contributed by atoms with van der Waals surface area (Å²) < 4.78 is 52.0. The highest BCUT2D eigenvalue weighted by Gasteiger charge is 2.45. The number of carbonyl (C=O) groups excluding carboxylic acids is 2. The number of nitrogens with one attached hydrogen (secondary N) is 2. The summed E-state index contributed by atoms with van der Waals surface area (Å²) >= 11 is 6.16. The van der Waals surface area contributed by atoms with Crippen LogP contribution >= 0.6 is 11.6 Å². The van der Waals surface area contributed by atoms with Crippen molar-refractivity contribution in [2.24, 2.45) is 17.8 Å². The van der Waals surface area contributed by atoms with Crippen LogP contribution in [0, 0.1) is 17.8 Å². The van der Waals surface area contributed by atoms with Gasteiger partial charge in [-0.3, -0.25) is 29.7 Å². The van der Waals surface area contributed by atoms with Gasteiger partial charge in [0.15, 0.2) is 0 Å². The first kappa shape index (κ1) is 35.2. The molecule has 3 unspecified atom stereocenters. The largest absolute Gasteiger partial charge is 0.378 e. The molecule has 5 rings (SSSR count). The Balaban J connectivity index is 0.937. The monoisotopic (exact) mass is 677 g/mol. The van der Waals surface area contributed by atoms with Gasteiger partial charge in [0.25, 0.3) is 10.1 Å². The number of likely N-dealkylation sites (tertiary alicyclic amines) is 3. The van der Waals surface area contributed by atoms with Gasteiger partial charge in [0, 0.05) is 77.6 Å². The van der Waals surface area contributed by atoms with Gasteiger partial charge in [0.2, 0.25) is 11.8 Å². The van der Waals surface area contributed by atoms with Crippen LogP contribution in [0.3, 0.4) is 0 Å². The Labute approximate surface area is 273 Å². The molecule has 11 nitrogen and oxygen atoms in total. The number of hydrogen-bond donors (Lipinski definition) is 3. The smallest absolute Gasteiger partial charge is 0.264 e. The van der Waals surface area contributed by atoms with Crippen LogP contribution < -0.4 is 10.6 Å². The van der Waals surface area contributed by atoms with E-state index in [4.69, 9.17) is 20.9 Å². The van der Waals surface area contributed by atoms with Gasteiger partial charge in [-0.1, -0.05) is 0 Å². The predicted molar refractivity (Wildman–Crippen MR) is 170 cm³/mol. The Kier molecular flexibility index (Phi) is 12.8. The molecule has 4 heterocycles. The third-order valence-corrected chi connectivity index (χ3v) is 11.9. The Hall–Kier alpha value is -1.09. The molecule has 2 amide bonds. The van der Waals surface area contributed by atoms with Gasteiger partial charge in [-0.25, -0.2) is 4.39 Å². The topological polar surface area (TPSA) is 132 Å². The molecule has 45 heavy (non-hydrogen) atoms. The maximum absolute atomic E-state index is 15.2. The number of amides is 2. The zero-order valence-electron chi connectivity index (χ0n) is 26.5. The predicted octanol–water partition coefficient (Wildman–Crippen LogP) is 2.59. The molecule has 1 aliphatic carbocycles. The van der Waals surface area contributed by atoms with Crippen LogP contribution in [0.25, 0.3) is 0 Å². The van der Waals surface area contributed by atoms with E-state index in [-0.39, 0.29) is 72.5 Å². The molecule has 0 radical (unpaired) electrons. The van der Waals surface area contributed by atoms with E-state index in [1.165, 1.54) is 12.8 Å². The summed E-state index contributed by atoms with van der Waals surface area (Å²) in [4.78, 5) is 32.0. The average Bonchev–Trinajstić information content (AvgIpc) is 3.61. The van der Waals surface area contributed by atoms with E-state index in [0.29, 0.717) is 51.4 Å². The highest BCUT2D eigenvalue weighted by molar-refractivity contribution is 7.85. The van der Waals surface area contributed by atoms with Gasteiger partial charge in [0.05, 0.1) is 23.3 Å². The minimum atomic E-state index is -4.02. The molecule has 0 aromatic rings. The summed E-state index contributed by atoms with van der Waals surface area (Å²) in [6, 6.07) is -0.0222. The Morgan fingerprint density at radius 1 is 0.956 bits per heavy atom. The third kappa shape index (κ3) is 10.2. The first-order chi connectivity index (χ1) is 21.6. The van der Waals surface area contributed by atoms with Crippen molar-refractivity contribution < 1.29 is 31.7 Å². The zero-order chi connectivity index (χ0) is 32.0. The van der Waals surface area contributed by atoms with Crippen molar-refractivity contribution in [3.63, 3.8) is 0 Å². The summed E-state index contributed by atoms with van der Waals surface area (Å²) in [6.45, 7) is 6.23. The van der Waals surface area contributed by atoms with Gasteiger partial charge >= 0.3 is 0 Å². The number of hydrogen-bond acceptors (Lipinski definition) is 8. The number of piperidine rings is 1. The molecule has 0 aromatic heterocycles. The van der Waals surface area contributed by atoms with Crippen molar-refractivity contribution in [2.45, 2.75) is 107 Å². The van der Waals surface area contributed by atoms with E-state index < -0.39 is 16.3 Å². The molecular formula is C31H53ClFN5O6S. The van der Waals surface area contributed by atoms with Crippen molar-refractivity contribution in [3.8, 4) is 0 Å². The minimum absolute atomic E-state index is 0.0222. The van der Waals surface area contributed by atoms with Crippen LogP contribution in [0.5, 0.6) is 0 Å². The van der Waals surface area contributed by atoms with Gasteiger partial charge in [-0.05, 0) is 69.6 Å². The zero-order valence-corrected chi connectivity index (χ0v) is 28.0.